The van der Waals surface area contributed by atoms with Gasteiger partial charge in [0.2, 0.25) is 0 Å². The Hall–Kier alpha value is -1.87. The van der Waals surface area contributed by atoms with Crippen LogP contribution >= 0.6 is 0 Å². The smallest absolute Gasteiger partial charge is 0.0562 e. The van der Waals surface area contributed by atoms with Crippen molar-refractivity contribution >= 4 is 5.69 Å². The van der Waals surface area contributed by atoms with Gasteiger partial charge in [-0.15, -0.1) is 0 Å². The van der Waals surface area contributed by atoms with Crippen molar-refractivity contribution in [3.8, 4) is 11.1 Å². The van der Waals surface area contributed by atoms with Gasteiger partial charge in [0.05, 0.1) is 11.9 Å². The highest BCUT2D eigenvalue weighted by Crippen LogP contribution is 2.29. The minimum atomic E-state index is 0.667. The number of piperidine rings is 1. The predicted molar refractivity (Wildman–Crippen MR) is 86.5 cm³/mol. The molecule has 2 aromatic rings. The zero-order valence-corrected chi connectivity index (χ0v) is 12.3. The van der Waals surface area contributed by atoms with E-state index in [1.807, 2.05) is 12.4 Å². The Bertz CT molecular complexity index is 611. The molecule has 3 nitrogen and oxygen atoms in total. The summed E-state index contributed by atoms with van der Waals surface area (Å²) in [7, 11) is 0. The highest BCUT2D eigenvalue weighted by atomic mass is 15.3. The molecule has 0 saturated carbocycles. The fourth-order valence-corrected chi connectivity index (χ4v) is 3.63. The van der Waals surface area contributed by atoms with Crippen molar-refractivity contribution in [2.24, 2.45) is 0 Å². The molecule has 108 valence electrons. The SMILES string of the molecule is c1ccc(-c2cncc(N3CCN4CCCC3C4)c2)cc1. The summed E-state index contributed by atoms with van der Waals surface area (Å²) in [5.41, 5.74) is 3.74. The fourth-order valence-electron chi connectivity index (χ4n) is 3.63. The number of anilines is 1. The van der Waals surface area contributed by atoms with Crippen LogP contribution in [-0.4, -0.2) is 42.1 Å². The Morgan fingerprint density at radius 1 is 0.952 bits per heavy atom. The van der Waals surface area contributed by atoms with Crippen LogP contribution in [0.2, 0.25) is 0 Å². The lowest BCUT2D eigenvalue weighted by Crippen LogP contribution is -2.56. The number of hydrogen-bond donors (Lipinski definition) is 0. The first-order valence-electron chi connectivity index (χ1n) is 7.89. The Morgan fingerprint density at radius 3 is 2.76 bits per heavy atom. The van der Waals surface area contributed by atoms with Crippen molar-refractivity contribution in [3.05, 3.63) is 48.8 Å². The average molecular weight is 279 g/mol. The number of fused-ring (bicyclic) bond motifs is 2. The molecule has 2 unspecified atom stereocenters. The largest absolute Gasteiger partial charge is 0.365 e. The lowest BCUT2D eigenvalue weighted by molar-refractivity contribution is 0.174. The maximum Gasteiger partial charge on any atom is 0.0562 e. The van der Waals surface area contributed by atoms with E-state index >= 15 is 0 Å². The molecule has 2 fully saturated rings. The number of hydrogen-bond acceptors (Lipinski definition) is 3. The van der Waals surface area contributed by atoms with Gasteiger partial charge in [-0.1, -0.05) is 30.3 Å². The summed E-state index contributed by atoms with van der Waals surface area (Å²) >= 11 is 0. The Morgan fingerprint density at radius 2 is 1.86 bits per heavy atom. The molecule has 0 N–H and O–H groups in total. The molecular formula is C18H21N3. The van der Waals surface area contributed by atoms with Crippen molar-refractivity contribution < 1.29 is 0 Å². The van der Waals surface area contributed by atoms with Crippen LogP contribution in [-0.2, 0) is 0 Å². The van der Waals surface area contributed by atoms with Crippen LogP contribution in [0.1, 0.15) is 12.8 Å². The summed E-state index contributed by atoms with van der Waals surface area (Å²) < 4.78 is 0. The third kappa shape index (κ3) is 2.54. The number of rotatable bonds is 2. The summed E-state index contributed by atoms with van der Waals surface area (Å²) in [5.74, 6) is 0. The highest BCUT2D eigenvalue weighted by Gasteiger charge is 2.30. The van der Waals surface area contributed by atoms with Gasteiger partial charge in [-0.25, -0.2) is 0 Å². The van der Waals surface area contributed by atoms with Crippen molar-refractivity contribution in [2.75, 3.05) is 31.1 Å². The third-order valence-electron chi connectivity index (χ3n) is 4.74. The summed E-state index contributed by atoms with van der Waals surface area (Å²) in [6.45, 7) is 4.82. The van der Waals surface area contributed by atoms with Crippen molar-refractivity contribution in [1.82, 2.24) is 9.88 Å². The van der Waals surface area contributed by atoms with Crippen LogP contribution in [0.25, 0.3) is 11.1 Å². The molecule has 2 aliphatic heterocycles. The van der Waals surface area contributed by atoms with Gasteiger partial charge in [0.1, 0.15) is 0 Å². The van der Waals surface area contributed by atoms with Gasteiger partial charge < -0.3 is 4.90 Å². The molecule has 21 heavy (non-hydrogen) atoms. The van der Waals surface area contributed by atoms with Gasteiger partial charge >= 0.3 is 0 Å². The number of benzene rings is 1. The molecule has 1 aromatic carbocycles. The number of piperazine rings is 1. The minimum Gasteiger partial charge on any atom is -0.365 e. The maximum absolute atomic E-state index is 4.49. The maximum atomic E-state index is 4.49. The van der Waals surface area contributed by atoms with E-state index in [0.717, 1.165) is 6.54 Å². The molecule has 2 aliphatic rings. The Balaban J connectivity index is 1.63. The van der Waals surface area contributed by atoms with Crippen LogP contribution in [0.15, 0.2) is 48.8 Å². The first-order valence-corrected chi connectivity index (χ1v) is 7.89. The van der Waals surface area contributed by atoms with Gasteiger partial charge in [0, 0.05) is 37.4 Å². The molecule has 4 rings (SSSR count). The van der Waals surface area contributed by atoms with E-state index in [2.05, 4.69) is 51.2 Å². The second kappa shape index (κ2) is 5.49. The lowest BCUT2D eigenvalue weighted by atomic mass is 10.00. The molecule has 2 atom stereocenters. The van der Waals surface area contributed by atoms with E-state index in [1.54, 1.807) is 0 Å². The molecule has 0 spiro atoms. The summed E-state index contributed by atoms with van der Waals surface area (Å²) in [5, 5.41) is 0. The predicted octanol–water partition coefficient (Wildman–Crippen LogP) is 3.03. The van der Waals surface area contributed by atoms with Gasteiger partial charge in [-0.2, -0.15) is 0 Å². The quantitative estimate of drug-likeness (QED) is 0.842. The molecule has 2 bridgehead atoms. The first-order chi connectivity index (χ1) is 10.4. The van der Waals surface area contributed by atoms with E-state index in [4.69, 9.17) is 0 Å². The number of aromatic nitrogens is 1. The molecule has 2 saturated heterocycles. The molecule has 0 radical (unpaired) electrons. The highest BCUT2D eigenvalue weighted by molar-refractivity contribution is 5.67. The molecule has 0 amide bonds. The average Bonchev–Trinajstić information content (AvgIpc) is 2.56. The van der Waals surface area contributed by atoms with E-state index in [9.17, 15) is 0 Å². The second-order valence-corrected chi connectivity index (χ2v) is 6.09. The van der Waals surface area contributed by atoms with Gasteiger partial charge in [-0.3, -0.25) is 9.88 Å². The normalized spacial score (nSPS) is 24.9. The van der Waals surface area contributed by atoms with Crippen molar-refractivity contribution in [1.29, 1.82) is 0 Å². The van der Waals surface area contributed by atoms with Gasteiger partial charge in [0.15, 0.2) is 0 Å². The molecule has 3 heteroatoms. The van der Waals surface area contributed by atoms with E-state index in [1.165, 1.54) is 49.3 Å². The number of pyridine rings is 1. The molecule has 0 aliphatic carbocycles. The lowest BCUT2D eigenvalue weighted by Gasteiger charge is -2.46. The molecule has 1 aromatic heterocycles. The summed E-state index contributed by atoms with van der Waals surface area (Å²) in [6, 6.07) is 13.5. The zero-order valence-electron chi connectivity index (χ0n) is 12.3. The van der Waals surface area contributed by atoms with Crippen LogP contribution in [0.5, 0.6) is 0 Å². The third-order valence-corrected chi connectivity index (χ3v) is 4.74. The minimum absolute atomic E-state index is 0.667. The van der Waals surface area contributed by atoms with E-state index < -0.39 is 0 Å². The van der Waals surface area contributed by atoms with Crippen LogP contribution in [0, 0.1) is 0 Å². The van der Waals surface area contributed by atoms with E-state index in [0.29, 0.717) is 6.04 Å². The molecular weight excluding hydrogens is 258 g/mol. The second-order valence-electron chi connectivity index (χ2n) is 6.09. The summed E-state index contributed by atoms with van der Waals surface area (Å²) in [4.78, 5) is 9.65. The van der Waals surface area contributed by atoms with Crippen molar-refractivity contribution in [2.45, 2.75) is 18.9 Å². The van der Waals surface area contributed by atoms with Crippen LogP contribution in [0.3, 0.4) is 0 Å². The standard InChI is InChI=1S/C18H21N3/c1-2-5-15(6-3-1)16-11-18(13-19-12-16)21-10-9-20-8-4-7-17(21)14-20/h1-3,5-6,11-13,17H,4,7-10,14H2. The van der Waals surface area contributed by atoms with Crippen LogP contribution in [0.4, 0.5) is 5.69 Å². The fraction of sp³-hybridized carbons (Fsp3) is 0.389. The molecule has 3 heterocycles. The van der Waals surface area contributed by atoms with Crippen molar-refractivity contribution in [3.63, 3.8) is 0 Å². The summed E-state index contributed by atoms with van der Waals surface area (Å²) in [6.07, 6.45) is 6.63. The number of nitrogens with zero attached hydrogens (tertiary/aromatic N) is 3. The topological polar surface area (TPSA) is 19.4 Å². The monoisotopic (exact) mass is 279 g/mol. The Labute approximate surface area is 126 Å². The van der Waals surface area contributed by atoms with Crippen LogP contribution < -0.4 is 4.90 Å². The van der Waals surface area contributed by atoms with Gasteiger partial charge in [-0.05, 0) is 31.0 Å². The zero-order chi connectivity index (χ0) is 14.1. The first kappa shape index (κ1) is 12.8. The van der Waals surface area contributed by atoms with E-state index in [-0.39, 0.29) is 0 Å². The Kier molecular flexibility index (Phi) is 3.36. The van der Waals surface area contributed by atoms with Gasteiger partial charge in [0.25, 0.3) is 0 Å².